The van der Waals surface area contributed by atoms with E-state index in [4.69, 9.17) is 5.11 Å². The van der Waals surface area contributed by atoms with E-state index in [0.29, 0.717) is 6.07 Å². The first kappa shape index (κ1) is 13.0. The zero-order valence-electron chi connectivity index (χ0n) is 9.20. The van der Waals surface area contributed by atoms with Crippen LogP contribution in [0.1, 0.15) is 10.4 Å². The van der Waals surface area contributed by atoms with E-state index in [9.17, 15) is 17.6 Å². The van der Waals surface area contributed by atoms with Crippen LogP contribution in [0.5, 0.6) is 0 Å². The van der Waals surface area contributed by atoms with E-state index < -0.39 is 26.7 Å². The summed E-state index contributed by atoms with van der Waals surface area (Å²) in [4.78, 5) is 9.95. The number of carboxylic acids is 1. The van der Waals surface area contributed by atoms with Crippen LogP contribution in [0.4, 0.5) is 10.1 Å². The van der Waals surface area contributed by atoms with Crippen LogP contribution in [-0.2, 0) is 10.0 Å². The average molecular weight is 286 g/mol. The molecule has 1 aromatic heterocycles. The quantitative estimate of drug-likeness (QED) is 0.877. The van der Waals surface area contributed by atoms with Crippen molar-refractivity contribution in [2.24, 2.45) is 0 Å². The van der Waals surface area contributed by atoms with Crippen LogP contribution in [0.25, 0.3) is 0 Å². The van der Waals surface area contributed by atoms with Gasteiger partial charge in [0.05, 0.1) is 11.8 Å². The van der Waals surface area contributed by atoms with E-state index in [1.165, 1.54) is 0 Å². The number of anilines is 1. The van der Waals surface area contributed by atoms with Crippen LogP contribution in [-0.4, -0.2) is 24.7 Å². The van der Waals surface area contributed by atoms with Gasteiger partial charge in [-0.15, -0.1) is 0 Å². The van der Waals surface area contributed by atoms with Gasteiger partial charge in [-0.25, -0.2) is 17.6 Å². The Morgan fingerprint density at radius 3 is 2.68 bits per heavy atom. The van der Waals surface area contributed by atoms with E-state index in [2.05, 4.69) is 9.68 Å². The molecule has 0 bridgehead atoms. The van der Waals surface area contributed by atoms with Crippen molar-refractivity contribution in [1.29, 1.82) is 0 Å². The summed E-state index contributed by atoms with van der Waals surface area (Å²) in [6, 6.07) is 2.49. The minimum Gasteiger partial charge on any atom is -0.478 e. The van der Waals surface area contributed by atoms with Gasteiger partial charge >= 0.3 is 5.97 Å². The molecule has 1 heterocycles. The van der Waals surface area contributed by atoms with Gasteiger partial charge in [0.25, 0.3) is 10.0 Å². The fourth-order valence-corrected chi connectivity index (χ4v) is 2.40. The average Bonchev–Trinajstić information content (AvgIpc) is 2.80. The van der Waals surface area contributed by atoms with E-state index in [0.717, 1.165) is 24.6 Å². The fraction of sp³-hybridized carbons (Fsp3) is 0. The van der Waals surface area contributed by atoms with Gasteiger partial charge in [-0.2, -0.15) is 0 Å². The molecule has 0 fully saturated rings. The number of nitrogens with one attached hydrogen (secondary N) is 1. The second-order valence-electron chi connectivity index (χ2n) is 3.47. The minimum atomic E-state index is -4.17. The summed E-state index contributed by atoms with van der Waals surface area (Å²) in [5.74, 6) is -2.52. The van der Waals surface area contributed by atoms with Crippen LogP contribution in [0.2, 0.25) is 0 Å². The van der Waals surface area contributed by atoms with Crippen molar-refractivity contribution in [3.8, 4) is 0 Å². The molecule has 9 heteroatoms. The van der Waals surface area contributed by atoms with Gasteiger partial charge in [-0.1, -0.05) is 5.16 Å². The largest absolute Gasteiger partial charge is 0.478 e. The number of halogens is 1. The zero-order valence-corrected chi connectivity index (χ0v) is 10.0. The second kappa shape index (κ2) is 4.69. The molecular formula is C10H7FN2O5S. The molecule has 0 spiro atoms. The molecule has 1 aromatic carbocycles. The van der Waals surface area contributed by atoms with Gasteiger partial charge in [0.1, 0.15) is 22.7 Å². The predicted molar refractivity (Wildman–Crippen MR) is 60.7 cm³/mol. The molecule has 2 rings (SSSR count). The van der Waals surface area contributed by atoms with Crippen LogP contribution >= 0.6 is 0 Å². The molecule has 0 amide bonds. The van der Waals surface area contributed by atoms with Crippen LogP contribution < -0.4 is 4.72 Å². The summed E-state index contributed by atoms with van der Waals surface area (Å²) < 4.78 is 43.7. The third kappa shape index (κ3) is 2.71. The summed E-state index contributed by atoms with van der Waals surface area (Å²) >= 11 is 0. The number of rotatable bonds is 4. The number of sulfonamides is 1. The standard InChI is InChI=1S/C10H7FN2O5S/c11-8-3-6(10(14)15)1-2-9(8)19(16,17)13-7-4-12-18-5-7/h1-5,13H,(H,14,15). The topological polar surface area (TPSA) is 110 Å². The third-order valence-electron chi connectivity index (χ3n) is 2.15. The van der Waals surface area contributed by atoms with Crippen LogP contribution in [0, 0.1) is 5.82 Å². The Labute approximate surface area is 106 Å². The van der Waals surface area contributed by atoms with Crippen molar-refractivity contribution < 1.29 is 27.2 Å². The Morgan fingerprint density at radius 1 is 1.42 bits per heavy atom. The number of nitrogens with zero attached hydrogens (tertiary/aromatic N) is 1. The molecule has 0 atom stereocenters. The van der Waals surface area contributed by atoms with Gasteiger partial charge in [0.15, 0.2) is 0 Å². The third-order valence-corrected chi connectivity index (χ3v) is 3.57. The molecule has 19 heavy (non-hydrogen) atoms. The lowest BCUT2D eigenvalue weighted by molar-refractivity contribution is 0.0696. The molecule has 100 valence electrons. The highest BCUT2D eigenvalue weighted by Gasteiger charge is 2.21. The maximum atomic E-state index is 13.6. The Kier molecular flexibility index (Phi) is 3.21. The smallest absolute Gasteiger partial charge is 0.335 e. The summed E-state index contributed by atoms with van der Waals surface area (Å²) in [6.07, 6.45) is 2.13. The highest BCUT2D eigenvalue weighted by Crippen LogP contribution is 2.19. The first-order valence-electron chi connectivity index (χ1n) is 4.85. The van der Waals surface area contributed by atoms with Gasteiger partial charge in [0.2, 0.25) is 0 Å². The monoisotopic (exact) mass is 286 g/mol. The van der Waals surface area contributed by atoms with Gasteiger partial charge in [0, 0.05) is 0 Å². The van der Waals surface area contributed by atoms with E-state index >= 15 is 0 Å². The first-order valence-corrected chi connectivity index (χ1v) is 6.33. The molecule has 0 aliphatic heterocycles. The predicted octanol–water partition coefficient (Wildman–Crippen LogP) is 1.31. The van der Waals surface area contributed by atoms with Crippen molar-refractivity contribution >= 4 is 21.7 Å². The minimum absolute atomic E-state index is 0.0294. The van der Waals surface area contributed by atoms with Gasteiger partial charge in [-0.3, -0.25) is 4.72 Å². The molecule has 0 aliphatic rings. The molecule has 0 saturated carbocycles. The Morgan fingerprint density at radius 2 is 2.16 bits per heavy atom. The van der Waals surface area contributed by atoms with Gasteiger partial charge < -0.3 is 9.63 Å². The molecule has 7 nitrogen and oxygen atoms in total. The Balaban J connectivity index is 2.38. The first-order chi connectivity index (χ1) is 8.90. The Bertz CT molecular complexity index is 712. The fourth-order valence-electron chi connectivity index (χ4n) is 1.32. The number of carbonyl (C=O) groups is 1. The molecule has 2 N–H and O–H groups in total. The highest BCUT2D eigenvalue weighted by molar-refractivity contribution is 7.92. The van der Waals surface area contributed by atoms with Crippen LogP contribution in [0.3, 0.4) is 0 Å². The number of benzene rings is 1. The number of hydrogen-bond acceptors (Lipinski definition) is 5. The highest BCUT2D eigenvalue weighted by atomic mass is 32.2. The summed E-state index contributed by atoms with van der Waals surface area (Å²) in [5, 5.41) is 11.9. The SMILES string of the molecule is O=C(O)c1ccc(S(=O)(=O)Nc2cnoc2)c(F)c1. The van der Waals surface area contributed by atoms with Crippen molar-refractivity contribution in [3.63, 3.8) is 0 Å². The zero-order chi connectivity index (χ0) is 14.0. The van der Waals surface area contributed by atoms with Crippen molar-refractivity contribution in [2.75, 3.05) is 4.72 Å². The van der Waals surface area contributed by atoms with Crippen LogP contribution in [0.15, 0.2) is 40.1 Å². The number of aromatic nitrogens is 1. The summed E-state index contributed by atoms with van der Waals surface area (Å²) in [5.41, 5.74) is -0.317. The van der Waals surface area contributed by atoms with Crippen molar-refractivity contribution in [1.82, 2.24) is 5.16 Å². The van der Waals surface area contributed by atoms with Gasteiger partial charge in [-0.05, 0) is 18.2 Å². The molecule has 0 radical (unpaired) electrons. The molecule has 0 aliphatic carbocycles. The molecule has 0 unspecified atom stereocenters. The molecule has 2 aromatic rings. The molecular weight excluding hydrogens is 279 g/mol. The van der Waals surface area contributed by atoms with E-state index in [-0.39, 0.29) is 11.3 Å². The second-order valence-corrected chi connectivity index (χ2v) is 5.12. The lowest BCUT2D eigenvalue weighted by Gasteiger charge is -2.06. The number of carboxylic acid groups (broad SMARTS) is 1. The van der Waals surface area contributed by atoms with Crippen molar-refractivity contribution in [2.45, 2.75) is 4.90 Å². The molecule has 0 saturated heterocycles. The lowest BCUT2D eigenvalue weighted by Crippen LogP contribution is -2.14. The van der Waals surface area contributed by atoms with E-state index in [1.54, 1.807) is 0 Å². The van der Waals surface area contributed by atoms with Crippen molar-refractivity contribution in [3.05, 3.63) is 42.0 Å². The Hall–Kier alpha value is -2.42. The van der Waals surface area contributed by atoms with E-state index in [1.807, 2.05) is 4.72 Å². The normalized spacial score (nSPS) is 11.2. The summed E-state index contributed by atoms with van der Waals surface area (Å²) in [7, 11) is -4.17. The lowest BCUT2D eigenvalue weighted by atomic mass is 10.2. The maximum absolute atomic E-state index is 13.6. The maximum Gasteiger partial charge on any atom is 0.335 e. The summed E-state index contributed by atoms with van der Waals surface area (Å²) in [6.45, 7) is 0. The number of hydrogen-bond donors (Lipinski definition) is 2. The number of aromatic carboxylic acids is 1.